The van der Waals surface area contributed by atoms with E-state index in [0.717, 1.165) is 6.42 Å². The quantitative estimate of drug-likeness (QED) is 0.298. The standard InChI is InChI=1S/C19H32O4S.Na/c1-3-4-5-6-7-8-9-10-18-11-13-19(14-12-18)23-17(2)15-16-24(20,21)22;/h11-14,17H,3-10,15-16H2,1-2H3,(H,20,21,22);/q;+1/p-1. The van der Waals surface area contributed by atoms with Crippen molar-refractivity contribution in [2.24, 2.45) is 0 Å². The van der Waals surface area contributed by atoms with E-state index in [0.29, 0.717) is 5.75 Å². The molecule has 0 aliphatic carbocycles. The van der Waals surface area contributed by atoms with E-state index in [2.05, 4.69) is 19.1 Å². The van der Waals surface area contributed by atoms with Gasteiger partial charge in [-0.1, -0.05) is 57.6 Å². The largest absolute Gasteiger partial charge is 1.00 e. The molecule has 1 atom stereocenters. The van der Waals surface area contributed by atoms with Gasteiger partial charge in [0.1, 0.15) is 5.75 Å². The third-order valence-electron chi connectivity index (χ3n) is 4.10. The molecule has 0 saturated carbocycles. The molecule has 1 aromatic rings. The fourth-order valence-electron chi connectivity index (χ4n) is 2.62. The molecule has 0 aromatic heterocycles. The van der Waals surface area contributed by atoms with Crippen LogP contribution in [0, 0.1) is 0 Å². The first-order valence-corrected chi connectivity index (χ1v) is 10.7. The van der Waals surface area contributed by atoms with E-state index in [-0.39, 0.29) is 47.8 Å². The molecule has 1 unspecified atom stereocenters. The van der Waals surface area contributed by atoms with Crippen molar-refractivity contribution in [3.05, 3.63) is 29.8 Å². The summed E-state index contributed by atoms with van der Waals surface area (Å²) in [5.41, 5.74) is 1.30. The van der Waals surface area contributed by atoms with E-state index in [1.165, 1.54) is 50.5 Å². The van der Waals surface area contributed by atoms with Gasteiger partial charge in [-0.25, -0.2) is 8.42 Å². The molecular formula is C19H31NaO4S. The van der Waals surface area contributed by atoms with Gasteiger partial charge in [0.2, 0.25) is 0 Å². The molecule has 0 aliphatic rings. The molecule has 138 valence electrons. The topological polar surface area (TPSA) is 66.4 Å². The van der Waals surface area contributed by atoms with Gasteiger partial charge in [0, 0.05) is 5.75 Å². The maximum Gasteiger partial charge on any atom is 1.00 e. The summed E-state index contributed by atoms with van der Waals surface area (Å²) in [5, 5.41) is 0. The zero-order valence-corrected chi connectivity index (χ0v) is 18.8. The van der Waals surface area contributed by atoms with Gasteiger partial charge in [0.05, 0.1) is 16.2 Å². The van der Waals surface area contributed by atoms with Crippen molar-refractivity contribution in [2.75, 3.05) is 5.75 Å². The van der Waals surface area contributed by atoms with Crippen LogP contribution >= 0.6 is 0 Å². The number of ether oxygens (including phenoxy) is 1. The summed E-state index contributed by atoms with van der Waals surface area (Å²) in [6.07, 6.45) is 10.2. The van der Waals surface area contributed by atoms with Gasteiger partial charge in [0.25, 0.3) is 0 Å². The molecule has 0 radical (unpaired) electrons. The summed E-state index contributed by atoms with van der Waals surface area (Å²) in [6, 6.07) is 7.95. The van der Waals surface area contributed by atoms with E-state index in [1.54, 1.807) is 6.92 Å². The number of aryl methyl sites for hydroxylation is 1. The molecule has 4 nitrogen and oxygen atoms in total. The summed E-state index contributed by atoms with van der Waals surface area (Å²) in [5.74, 6) is 0.332. The van der Waals surface area contributed by atoms with E-state index in [4.69, 9.17) is 4.74 Å². The van der Waals surface area contributed by atoms with Crippen molar-refractivity contribution in [1.82, 2.24) is 0 Å². The van der Waals surface area contributed by atoms with Crippen LogP contribution in [0.5, 0.6) is 5.75 Å². The van der Waals surface area contributed by atoms with Gasteiger partial charge in [-0.2, -0.15) is 0 Å². The van der Waals surface area contributed by atoms with Crippen LogP contribution in [0.15, 0.2) is 24.3 Å². The fraction of sp³-hybridized carbons (Fsp3) is 0.684. The maximum absolute atomic E-state index is 10.6. The molecule has 0 fully saturated rings. The Kier molecular flexibility index (Phi) is 14.0. The van der Waals surface area contributed by atoms with Crippen molar-refractivity contribution in [3.8, 4) is 5.75 Å². The molecular weight excluding hydrogens is 347 g/mol. The molecule has 0 spiro atoms. The third kappa shape index (κ3) is 13.8. The van der Waals surface area contributed by atoms with Crippen molar-refractivity contribution in [1.29, 1.82) is 0 Å². The molecule has 0 aliphatic heterocycles. The van der Waals surface area contributed by atoms with Crippen LogP contribution < -0.4 is 34.3 Å². The zero-order valence-electron chi connectivity index (χ0n) is 16.0. The molecule has 0 N–H and O–H groups in total. The van der Waals surface area contributed by atoms with E-state index < -0.39 is 10.1 Å². The first-order chi connectivity index (χ1) is 11.4. The molecule has 25 heavy (non-hydrogen) atoms. The average Bonchev–Trinajstić information content (AvgIpc) is 2.53. The van der Waals surface area contributed by atoms with Crippen LogP contribution in [0.3, 0.4) is 0 Å². The first-order valence-electron chi connectivity index (χ1n) is 9.10. The van der Waals surface area contributed by atoms with Crippen LogP contribution in [0.4, 0.5) is 0 Å². The van der Waals surface area contributed by atoms with Crippen molar-refractivity contribution in [2.45, 2.75) is 77.7 Å². The molecule has 0 heterocycles. The zero-order chi connectivity index (χ0) is 17.8. The van der Waals surface area contributed by atoms with Crippen LogP contribution in [0.25, 0.3) is 0 Å². The Morgan fingerprint density at radius 2 is 1.56 bits per heavy atom. The van der Waals surface area contributed by atoms with Crippen molar-refractivity contribution >= 4 is 10.1 Å². The summed E-state index contributed by atoms with van der Waals surface area (Å²) in [4.78, 5) is 0. The predicted octanol–water partition coefficient (Wildman–Crippen LogP) is 1.69. The first kappa shape index (κ1) is 24.9. The molecule has 1 aromatic carbocycles. The minimum atomic E-state index is -4.17. The molecule has 1 rings (SSSR count). The van der Waals surface area contributed by atoms with Crippen LogP contribution in [0.2, 0.25) is 0 Å². The fourth-order valence-corrected chi connectivity index (χ4v) is 3.24. The van der Waals surface area contributed by atoms with Crippen LogP contribution in [-0.2, 0) is 16.5 Å². The molecule has 0 bridgehead atoms. The normalized spacial score (nSPS) is 12.4. The summed E-state index contributed by atoms with van der Waals surface area (Å²) in [6.45, 7) is 4.01. The van der Waals surface area contributed by atoms with E-state index in [1.807, 2.05) is 12.1 Å². The molecule has 0 saturated heterocycles. The van der Waals surface area contributed by atoms with Crippen LogP contribution in [0.1, 0.15) is 70.8 Å². The van der Waals surface area contributed by atoms with Gasteiger partial charge in [-0.3, -0.25) is 0 Å². The Balaban J connectivity index is 0.00000576. The second kappa shape index (κ2) is 14.0. The Morgan fingerprint density at radius 3 is 2.12 bits per heavy atom. The third-order valence-corrected chi connectivity index (χ3v) is 4.84. The summed E-state index contributed by atoms with van der Waals surface area (Å²) >= 11 is 0. The van der Waals surface area contributed by atoms with Gasteiger partial charge < -0.3 is 9.29 Å². The second-order valence-corrected chi connectivity index (χ2v) is 8.02. The monoisotopic (exact) mass is 378 g/mol. The Labute approximate surface area is 175 Å². The number of hydrogen-bond acceptors (Lipinski definition) is 4. The average molecular weight is 379 g/mol. The minimum absolute atomic E-state index is 0. The Bertz CT molecular complexity index is 543. The van der Waals surface area contributed by atoms with Crippen molar-refractivity contribution in [3.63, 3.8) is 0 Å². The van der Waals surface area contributed by atoms with E-state index in [9.17, 15) is 13.0 Å². The van der Waals surface area contributed by atoms with Crippen LogP contribution in [-0.4, -0.2) is 24.8 Å². The van der Waals surface area contributed by atoms with Gasteiger partial charge >= 0.3 is 29.6 Å². The molecule has 0 amide bonds. The summed E-state index contributed by atoms with van der Waals surface area (Å²) < 4.78 is 37.5. The van der Waals surface area contributed by atoms with Gasteiger partial charge in [0.15, 0.2) is 0 Å². The van der Waals surface area contributed by atoms with Gasteiger partial charge in [-0.15, -0.1) is 0 Å². The predicted molar refractivity (Wildman–Crippen MR) is 97.4 cm³/mol. The SMILES string of the molecule is CCCCCCCCCc1ccc(OC(C)CCS(=O)(=O)[O-])cc1.[Na+]. The number of hydrogen-bond donors (Lipinski definition) is 0. The van der Waals surface area contributed by atoms with Crippen molar-refractivity contribution < 1.29 is 47.3 Å². The second-order valence-electron chi connectivity index (χ2n) is 6.49. The maximum atomic E-state index is 10.6. The number of rotatable bonds is 13. The minimum Gasteiger partial charge on any atom is -0.748 e. The Morgan fingerprint density at radius 1 is 1.00 bits per heavy atom. The van der Waals surface area contributed by atoms with E-state index >= 15 is 0 Å². The molecule has 6 heteroatoms. The Hall–Kier alpha value is -0.0700. The van der Waals surface area contributed by atoms with Gasteiger partial charge in [-0.05, 0) is 43.9 Å². The smallest absolute Gasteiger partial charge is 0.748 e. The number of benzene rings is 1. The summed E-state index contributed by atoms with van der Waals surface area (Å²) in [7, 11) is -4.17. The number of unbranched alkanes of at least 4 members (excludes halogenated alkanes) is 6.